The summed E-state index contributed by atoms with van der Waals surface area (Å²) in [4.78, 5) is 15.0. The highest BCUT2D eigenvalue weighted by Gasteiger charge is 2.30. The normalized spacial score (nSPS) is 16.6. The first-order valence-electron chi connectivity index (χ1n) is 9.46. The van der Waals surface area contributed by atoms with Crippen LogP contribution in [0.3, 0.4) is 0 Å². The quantitative estimate of drug-likeness (QED) is 0.781. The molecule has 0 saturated carbocycles. The van der Waals surface area contributed by atoms with Gasteiger partial charge in [-0.05, 0) is 56.4 Å². The van der Waals surface area contributed by atoms with Crippen molar-refractivity contribution in [1.29, 1.82) is 0 Å². The van der Waals surface area contributed by atoms with Gasteiger partial charge in [-0.15, -0.1) is 0 Å². The summed E-state index contributed by atoms with van der Waals surface area (Å²) in [5.74, 6) is 1.62. The lowest BCUT2D eigenvalue weighted by Gasteiger charge is -2.26. The minimum atomic E-state index is 0.105. The molecule has 0 N–H and O–H groups in total. The summed E-state index contributed by atoms with van der Waals surface area (Å²) in [6.07, 6.45) is 3.25. The van der Waals surface area contributed by atoms with Crippen LogP contribution >= 0.6 is 0 Å². The predicted molar refractivity (Wildman–Crippen MR) is 104 cm³/mol. The highest BCUT2D eigenvalue weighted by Crippen LogP contribution is 2.37. The van der Waals surface area contributed by atoms with Crippen molar-refractivity contribution in [2.45, 2.75) is 45.6 Å². The van der Waals surface area contributed by atoms with Gasteiger partial charge in [0, 0.05) is 25.7 Å². The zero-order valence-corrected chi connectivity index (χ0v) is 16.9. The van der Waals surface area contributed by atoms with Gasteiger partial charge in [0.05, 0.1) is 26.0 Å². The maximum atomic E-state index is 13.0. The fourth-order valence-electron chi connectivity index (χ4n) is 4.03. The van der Waals surface area contributed by atoms with Crippen molar-refractivity contribution in [3.8, 4) is 11.5 Å². The Morgan fingerprint density at radius 1 is 1.22 bits per heavy atom. The number of aromatic nitrogens is 2. The molecule has 6 nitrogen and oxygen atoms in total. The predicted octanol–water partition coefficient (Wildman–Crippen LogP) is 3.35. The smallest absolute Gasteiger partial charge is 0.223 e. The molecule has 146 valence electrons. The Balaban J connectivity index is 1.73. The first-order valence-corrected chi connectivity index (χ1v) is 9.46. The maximum Gasteiger partial charge on any atom is 0.223 e. The van der Waals surface area contributed by atoms with E-state index in [1.807, 2.05) is 41.8 Å². The average Bonchev–Trinajstić information content (AvgIpc) is 3.25. The van der Waals surface area contributed by atoms with E-state index in [4.69, 9.17) is 9.47 Å². The Kier molecular flexibility index (Phi) is 5.73. The van der Waals surface area contributed by atoms with Gasteiger partial charge in [-0.1, -0.05) is 6.07 Å². The molecule has 2 aromatic rings. The topological polar surface area (TPSA) is 56.6 Å². The number of carbonyl (C=O) groups is 1. The van der Waals surface area contributed by atoms with Crippen LogP contribution in [0.15, 0.2) is 18.2 Å². The van der Waals surface area contributed by atoms with E-state index < -0.39 is 0 Å². The van der Waals surface area contributed by atoms with E-state index in [0.717, 1.165) is 42.8 Å². The number of aryl methyl sites for hydroxylation is 2. The molecule has 0 spiro atoms. The van der Waals surface area contributed by atoms with Crippen molar-refractivity contribution < 1.29 is 14.3 Å². The SMILES string of the molecule is COc1ccc(C2CCCN2C(=O)CCc2c(C)nn(C)c2C)cc1OC. The number of rotatable bonds is 6. The van der Waals surface area contributed by atoms with Gasteiger partial charge < -0.3 is 14.4 Å². The molecular weight excluding hydrogens is 342 g/mol. The fraction of sp³-hybridized carbons (Fsp3) is 0.524. The van der Waals surface area contributed by atoms with Gasteiger partial charge in [0.25, 0.3) is 0 Å². The van der Waals surface area contributed by atoms with Gasteiger partial charge in [-0.2, -0.15) is 5.10 Å². The van der Waals surface area contributed by atoms with Crippen LogP contribution in [0, 0.1) is 13.8 Å². The van der Waals surface area contributed by atoms with E-state index >= 15 is 0 Å². The van der Waals surface area contributed by atoms with E-state index in [1.54, 1.807) is 14.2 Å². The highest BCUT2D eigenvalue weighted by molar-refractivity contribution is 5.77. The van der Waals surface area contributed by atoms with Crippen LogP contribution < -0.4 is 9.47 Å². The second-order valence-corrected chi connectivity index (χ2v) is 7.13. The summed E-state index contributed by atoms with van der Waals surface area (Å²) in [5.41, 5.74) is 4.44. The summed E-state index contributed by atoms with van der Waals surface area (Å²) < 4.78 is 12.6. The first kappa shape index (κ1) is 19.3. The van der Waals surface area contributed by atoms with Crippen molar-refractivity contribution in [3.05, 3.63) is 40.7 Å². The third-order valence-electron chi connectivity index (χ3n) is 5.61. The molecule has 1 atom stereocenters. The van der Waals surface area contributed by atoms with Gasteiger partial charge in [0.2, 0.25) is 5.91 Å². The zero-order valence-electron chi connectivity index (χ0n) is 16.9. The van der Waals surface area contributed by atoms with E-state index in [2.05, 4.69) is 12.0 Å². The van der Waals surface area contributed by atoms with Crippen LogP contribution in [0.4, 0.5) is 0 Å². The minimum absolute atomic E-state index is 0.105. The van der Waals surface area contributed by atoms with Crippen molar-refractivity contribution in [1.82, 2.24) is 14.7 Å². The molecular formula is C21H29N3O3. The lowest BCUT2D eigenvalue weighted by Crippen LogP contribution is -2.30. The average molecular weight is 371 g/mol. The van der Waals surface area contributed by atoms with Gasteiger partial charge in [-0.3, -0.25) is 9.48 Å². The number of carbonyl (C=O) groups excluding carboxylic acids is 1. The van der Waals surface area contributed by atoms with E-state index in [1.165, 1.54) is 5.56 Å². The van der Waals surface area contributed by atoms with Crippen LogP contribution in [0.1, 0.15) is 47.8 Å². The maximum absolute atomic E-state index is 13.0. The van der Waals surface area contributed by atoms with Crippen LogP contribution in [-0.2, 0) is 18.3 Å². The number of amides is 1. The lowest BCUT2D eigenvalue weighted by molar-refractivity contribution is -0.132. The molecule has 6 heteroatoms. The lowest BCUT2D eigenvalue weighted by atomic mass is 10.0. The molecule has 1 unspecified atom stereocenters. The summed E-state index contributed by atoms with van der Waals surface area (Å²) >= 11 is 0. The molecule has 2 heterocycles. The van der Waals surface area contributed by atoms with Crippen molar-refractivity contribution in [2.24, 2.45) is 7.05 Å². The molecule has 3 rings (SSSR count). The van der Waals surface area contributed by atoms with Crippen molar-refractivity contribution in [2.75, 3.05) is 20.8 Å². The fourth-order valence-corrected chi connectivity index (χ4v) is 4.03. The summed E-state index contributed by atoms with van der Waals surface area (Å²) in [6, 6.07) is 6.04. The van der Waals surface area contributed by atoms with Crippen LogP contribution in [0.25, 0.3) is 0 Å². The molecule has 1 saturated heterocycles. The largest absolute Gasteiger partial charge is 0.493 e. The Hall–Kier alpha value is -2.50. The number of hydrogen-bond acceptors (Lipinski definition) is 4. The third-order valence-corrected chi connectivity index (χ3v) is 5.61. The molecule has 1 aromatic carbocycles. The Bertz CT molecular complexity index is 828. The molecule has 1 aromatic heterocycles. The van der Waals surface area contributed by atoms with Gasteiger partial charge >= 0.3 is 0 Å². The Labute approximate surface area is 161 Å². The molecule has 1 fully saturated rings. The number of benzene rings is 1. The monoisotopic (exact) mass is 371 g/mol. The Morgan fingerprint density at radius 3 is 2.59 bits per heavy atom. The van der Waals surface area contributed by atoms with Gasteiger partial charge in [0.15, 0.2) is 11.5 Å². The highest BCUT2D eigenvalue weighted by atomic mass is 16.5. The Morgan fingerprint density at radius 2 is 1.96 bits per heavy atom. The van der Waals surface area contributed by atoms with Gasteiger partial charge in [-0.25, -0.2) is 0 Å². The molecule has 0 radical (unpaired) electrons. The molecule has 1 aliphatic heterocycles. The summed E-state index contributed by atoms with van der Waals surface area (Å²) in [6.45, 7) is 4.88. The molecule has 1 aliphatic rings. The summed E-state index contributed by atoms with van der Waals surface area (Å²) in [5, 5.41) is 4.45. The van der Waals surface area contributed by atoms with E-state index in [0.29, 0.717) is 17.9 Å². The van der Waals surface area contributed by atoms with Crippen LogP contribution in [0.2, 0.25) is 0 Å². The number of nitrogens with zero attached hydrogens (tertiary/aromatic N) is 3. The molecule has 27 heavy (non-hydrogen) atoms. The minimum Gasteiger partial charge on any atom is -0.493 e. The van der Waals surface area contributed by atoms with Crippen molar-refractivity contribution in [3.63, 3.8) is 0 Å². The van der Waals surface area contributed by atoms with E-state index in [9.17, 15) is 4.79 Å². The molecule has 0 bridgehead atoms. The zero-order chi connectivity index (χ0) is 19.6. The van der Waals surface area contributed by atoms with Crippen molar-refractivity contribution >= 4 is 5.91 Å². The number of methoxy groups -OCH3 is 2. The van der Waals surface area contributed by atoms with Gasteiger partial charge in [0.1, 0.15) is 0 Å². The first-order chi connectivity index (χ1) is 13.0. The van der Waals surface area contributed by atoms with E-state index in [-0.39, 0.29) is 11.9 Å². The third kappa shape index (κ3) is 3.80. The number of likely N-dealkylation sites (tertiary alicyclic amines) is 1. The van der Waals surface area contributed by atoms with Crippen LogP contribution in [-0.4, -0.2) is 41.4 Å². The standard InChI is InChI=1S/C21H29N3O3/c1-14-17(15(2)23(3)22-14)9-11-21(25)24-12-6-7-18(24)16-8-10-19(26-4)20(13-16)27-5/h8,10,13,18H,6-7,9,11-12H2,1-5H3. The molecule has 0 aliphatic carbocycles. The second-order valence-electron chi connectivity index (χ2n) is 7.13. The summed E-state index contributed by atoms with van der Waals surface area (Å²) in [7, 11) is 5.21. The second kappa shape index (κ2) is 8.03. The molecule has 1 amide bonds. The van der Waals surface area contributed by atoms with Crippen LogP contribution in [0.5, 0.6) is 11.5 Å². The number of hydrogen-bond donors (Lipinski definition) is 0. The number of ether oxygens (including phenoxy) is 2.